The summed E-state index contributed by atoms with van der Waals surface area (Å²) in [6.07, 6.45) is 0.547. The van der Waals surface area contributed by atoms with Crippen LogP contribution >= 0.6 is 0 Å². The highest BCUT2D eigenvalue weighted by atomic mass is 19.1. The minimum Gasteiger partial charge on any atom is -0.493 e. The van der Waals surface area contributed by atoms with Crippen molar-refractivity contribution < 1.29 is 23.5 Å². The average molecular weight is 346 g/mol. The Balaban J connectivity index is 1.94. The van der Waals surface area contributed by atoms with Gasteiger partial charge in [-0.05, 0) is 37.3 Å². The number of oxime groups is 1. The number of nitrogens with zero attached hydrogens (tertiary/aromatic N) is 1. The summed E-state index contributed by atoms with van der Waals surface area (Å²) in [5.74, 6) is 0.126. The second-order valence-corrected chi connectivity index (χ2v) is 5.07. The first kappa shape index (κ1) is 18.3. The predicted octanol–water partition coefficient (Wildman–Crippen LogP) is 3.22. The van der Waals surface area contributed by atoms with Gasteiger partial charge in [0.1, 0.15) is 5.82 Å². The molecule has 0 saturated heterocycles. The molecule has 0 aliphatic heterocycles. The maximum Gasteiger partial charge on any atom is 0.268 e. The quantitative estimate of drug-likeness (QED) is 0.617. The number of para-hydroxylation sites is 1. The van der Waals surface area contributed by atoms with E-state index in [1.165, 1.54) is 32.4 Å². The summed E-state index contributed by atoms with van der Waals surface area (Å²) in [5, 5.41) is 6.22. The van der Waals surface area contributed by atoms with Crippen LogP contribution < -0.4 is 14.8 Å². The second kappa shape index (κ2) is 8.68. The molecule has 0 spiro atoms. The Morgan fingerprint density at radius 2 is 1.88 bits per heavy atom. The lowest BCUT2D eigenvalue weighted by Crippen LogP contribution is -2.26. The molecule has 0 bridgehead atoms. The molecule has 1 N–H and O–H groups in total. The van der Waals surface area contributed by atoms with Crippen molar-refractivity contribution in [2.45, 2.75) is 13.0 Å². The first-order valence-electron chi connectivity index (χ1n) is 7.51. The molecular weight excluding hydrogens is 327 g/mol. The number of carbonyl (C=O) groups excluding carboxylic acids is 1. The number of halogens is 1. The highest BCUT2D eigenvalue weighted by Crippen LogP contribution is 2.26. The molecule has 0 saturated carbocycles. The van der Waals surface area contributed by atoms with Gasteiger partial charge in [-0.25, -0.2) is 4.39 Å². The van der Waals surface area contributed by atoms with Crippen LogP contribution in [0.5, 0.6) is 11.5 Å². The Morgan fingerprint density at radius 1 is 1.16 bits per heavy atom. The Labute approximate surface area is 145 Å². The van der Waals surface area contributed by atoms with Crippen LogP contribution in [0.15, 0.2) is 47.6 Å². The van der Waals surface area contributed by atoms with Gasteiger partial charge in [-0.2, -0.15) is 0 Å². The number of anilines is 1. The molecule has 0 unspecified atom stereocenters. The lowest BCUT2D eigenvalue weighted by atomic mass is 10.2. The maximum absolute atomic E-state index is 13.5. The van der Waals surface area contributed by atoms with Gasteiger partial charge in [0.05, 0.1) is 26.1 Å². The number of carbonyl (C=O) groups is 1. The molecule has 6 nitrogen and oxygen atoms in total. The highest BCUT2D eigenvalue weighted by molar-refractivity contribution is 5.94. The third-order valence-electron chi connectivity index (χ3n) is 3.33. The summed E-state index contributed by atoms with van der Waals surface area (Å²) in [7, 11) is 3.08. The molecule has 0 aromatic heterocycles. The van der Waals surface area contributed by atoms with Crippen molar-refractivity contribution in [3.63, 3.8) is 0 Å². The molecule has 2 rings (SSSR count). The number of hydrogen-bond donors (Lipinski definition) is 1. The third kappa shape index (κ3) is 4.94. The smallest absolute Gasteiger partial charge is 0.268 e. The first-order valence-corrected chi connectivity index (χ1v) is 7.51. The van der Waals surface area contributed by atoms with Crippen LogP contribution in [-0.2, 0) is 9.63 Å². The molecular formula is C18H19FN2O4. The van der Waals surface area contributed by atoms with Crippen LogP contribution in [0.2, 0.25) is 0 Å². The van der Waals surface area contributed by atoms with Gasteiger partial charge in [-0.15, -0.1) is 0 Å². The number of ether oxygens (including phenoxy) is 2. The van der Waals surface area contributed by atoms with Gasteiger partial charge in [-0.1, -0.05) is 17.3 Å². The van der Waals surface area contributed by atoms with E-state index >= 15 is 0 Å². The maximum atomic E-state index is 13.5. The highest BCUT2D eigenvalue weighted by Gasteiger charge is 2.15. The third-order valence-corrected chi connectivity index (χ3v) is 3.33. The Morgan fingerprint density at radius 3 is 2.56 bits per heavy atom. The number of rotatable bonds is 7. The van der Waals surface area contributed by atoms with Gasteiger partial charge in [0, 0.05) is 5.56 Å². The number of methoxy groups -OCH3 is 2. The van der Waals surface area contributed by atoms with E-state index in [9.17, 15) is 9.18 Å². The zero-order valence-corrected chi connectivity index (χ0v) is 14.2. The van der Waals surface area contributed by atoms with Crippen LogP contribution in [0.4, 0.5) is 10.1 Å². The zero-order chi connectivity index (χ0) is 18.2. The van der Waals surface area contributed by atoms with Crippen molar-refractivity contribution in [3.05, 3.63) is 53.8 Å². The van der Waals surface area contributed by atoms with Crippen molar-refractivity contribution in [1.82, 2.24) is 0 Å². The van der Waals surface area contributed by atoms with Gasteiger partial charge >= 0.3 is 0 Å². The molecule has 25 heavy (non-hydrogen) atoms. The van der Waals surface area contributed by atoms with Crippen LogP contribution in [0, 0.1) is 5.82 Å². The van der Waals surface area contributed by atoms with Gasteiger partial charge in [0.25, 0.3) is 5.91 Å². The number of nitrogens with one attached hydrogen (secondary N) is 1. The molecule has 0 aliphatic rings. The Bertz CT molecular complexity index is 764. The monoisotopic (exact) mass is 346 g/mol. The first-order chi connectivity index (χ1) is 12.0. The fourth-order valence-electron chi connectivity index (χ4n) is 1.96. The van der Waals surface area contributed by atoms with Crippen LogP contribution in [-0.4, -0.2) is 32.4 Å². The van der Waals surface area contributed by atoms with Gasteiger partial charge in [0.2, 0.25) is 6.10 Å². The fraction of sp³-hybridized carbons (Fsp3) is 0.222. The van der Waals surface area contributed by atoms with E-state index in [-0.39, 0.29) is 5.69 Å². The van der Waals surface area contributed by atoms with Gasteiger partial charge in [-0.3, -0.25) is 4.79 Å². The second-order valence-electron chi connectivity index (χ2n) is 5.07. The number of hydrogen-bond acceptors (Lipinski definition) is 5. The van der Waals surface area contributed by atoms with Crippen molar-refractivity contribution >= 4 is 17.8 Å². The molecule has 132 valence electrons. The summed E-state index contributed by atoms with van der Waals surface area (Å²) in [4.78, 5) is 17.1. The lowest BCUT2D eigenvalue weighted by molar-refractivity contribution is -0.126. The fourth-order valence-corrected chi connectivity index (χ4v) is 1.96. The lowest BCUT2D eigenvalue weighted by Gasteiger charge is -2.11. The van der Waals surface area contributed by atoms with Crippen molar-refractivity contribution in [2.24, 2.45) is 5.16 Å². The summed E-state index contributed by atoms with van der Waals surface area (Å²) in [6.45, 7) is 1.52. The minimum absolute atomic E-state index is 0.0896. The van der Waals surface area contributed by atoms with E-state index in [1.54, 1.807) is 37.4 Å². The van der Waals surface area contributed by atoms with E-state index in [0.29, 0.717) is 17.1 Å². The predicted molar refractivity (Wildman–Crippen MR) is 92.7 cm³/mol. The van der Waals surface area contributed by atoms with Crippen LogP contribution in [0.1, 0.15) is 12.5 Å². The topological polar surface area (TPSA) is 69.2 Å². The molecule has 2 aromatic carbocycles. The molecule has 7 heteroatoms. The molecule has 1 amide bonds. The molecule has 2 aromatic rings. The standard InChI is InChI=1S/C18H19FN2O4/c1-12(18(22)21-15-7-5-4-6-14(15)19)25-20-11-13-8-9-16(23-2)17(10-13)24-3/h4-12H,1-3H3,(H,21,22)/b20-11-/t12-/m1/s1. The SMILES string of the molecule is COc1ccc(/C=N\O[C@H](C)C(=O)Nc2ccccc2F)cc1OC. The minimum atomic E-state index is -0.893. The van der Waals surface area contributed by atoms with Gasteiger partial charge < -0.3 is 19.6 Å². The molecule has 0 heterocycles. The van der Waals surface area contributed by atoms with Crippen molar-refractivity contribution in [2.75, 3.05) is 19.5 Å². The summed E-state index contributed by atoms with van der Waals surface area (Å²) in [5.41, 5.74) is 0.797. The van der Waals surface area contributed by atoms with Crippen LogP contribution in [0.25, 0.3) is 0 Å². The molecule has 0 aliphatic carbocycles. The summed E-state index contributed by atoms with van der Waals surface area (Å²) in [6, 6.07) is 11.1. The van der Waals surface area contributed by atoms with E-state index in [4.69, 9.17) is 14.3 Å². The zero-order valence-electron chi connectivity index (χ0n) is 14.2. The number of amides is 1. The van der Waals surface area contributed by atoms with Crippen LogP contribution in [0.3, 0.4) is 0 Å². The van der Waals surface area contributed by atoms with Crippen molar-refractivity contribution in [3.8, 4) is 11.5 Å². The van der Waals surface area contributed by atoms with Gasteiger partial charge in [0.15, 0.2) is 11.5 Å². The Kier molecular flexibility index (Phi) is 6.33. The summed E-state index contributed by atoms with van der Waals surface area (Å²) >= 11 is 0. The van der Waals surface area contributed by atoms with E-state index < -0.39 is 17.8 Å². The molecule has 0 fully saturated rings. The van der Waals surface area contributed by atoms with E-state index in [0.717, 1.165) is 0 Å². The van der Waals surface area contributed by atoms with E-state index in [1.807, 2.05) is 0 Å². The number of benzene rings is 2. The van der Waals surface area contributed by atoms with Crippen molar-refractivity contribution in [1.29, 1.82) is 0 Å². The molecule has 0 radical (unpaired) electrons. The average Bonchev–Trinajstić information content (AvgIpc) is 2.63. The normalized spacial score (nSPS) is 11.8. The largest absolute Gasteiger partial charge is 0.493 e. The summed E-state index contributed by atoms with van der Waals surface area (Å²) < 4.78 is 23.9. The Hall–Kier alpha value is -3.09. The van der Waals surface area contributed by atoms with E-state index in [2.05, 4.69) is 10.5 Å². The molecule has 1 atom stereocenters.